The molecule has 1 aromatic carbocycles. The Hall–Kier alpha value is -3.10. The average Bonchev–Trinajstić information content (AvgIpc) is 3.24. The zero-order chi connectivity index (χ0) is 18.9. The second-order valence-electron chi connectivity index (χ2n) is 7.34. The lowest BCUT2D eigenvalue weighted by Gasteiger charge is -2.24. The van der Waals surface area contributed by atoms with Crippen LogP contribution in [-0.2, 0) is 24.3 Å². The summed E-state index contributed by atoms with van der Waals surface area (Å²) >= 11 is 0. The van der Waals surface area contributed by atoms with Crippen LogP contribution in [0, 0.1) is 0 Å². The van der Waals surface area contributed by atoms with Gasteiger partial charge in [0.15, 0.2) is 11.6 Å². The Bertz CT molecular complexity index is 979. The number of carbonyl (C=O) groups is 1. The SMILES string of the molecule is O=C([C@@H]1CCCCn2nnnc21)N1CCc2nnc(-c3ccccc3)n2CC1. The minimum atomic E-state index is -0.255. The summed E-state index contributed by atoms with van der Waals surface area (Å²) in [6.07, 6.45) is 3.50. The Labute approximate surface area is 162 Å². The summed E-state index contributed by atoms with van der Waals surface area (Å²) in [7, 11) is 0. The first-order valence-electron chi connectivity index (χ1n) is 9.83. The van der Waals surface area contributed by atoms with Gasteiger partial charge in [0.2, 0.25) is 5.91 Å². The van der Waals surface area contributed by atoms with Crippen molar-refractivity contribution in [3.8, 4) is 11.4 Å². The van der Waals surface area contributed by atoms with E-state index in [1.54, 1.807) is 4.68 Å². The number of amides is 1. The molecular weight excluding hydrogens is 356 g/mol. The maximum absolute atomic E-state index is 13.3. The van der Waals surface area contributed by atoms with Crippen LogP contribution in [0.2, 0.25) is 0 Å². The molecule has 0 N–H and O–H groups in total. The minimum absolute atomic E-state index is 0.123. The number of rotatable bonds is 2. The second kappa shape index (κ2) is 7.14. The molecule has 1 atom stereocenters. The van der Waals surface area contributed by atoms with Gasteiger partial charge in [-0.25, -0.2) is 4.68 Å². The van der Waals surface area contributed by atoms with Gasteiger partial charge in [0.1, 0.15) is 5.82 Å². The van der Waals surface area contributed by atoms with E-state index in [0.29, 0.717) is 31.9 Å². The zero-order valence-electron chi connectivity index (χ0n) is 15.6. The highest BCUT2D eigenvalue weighted by molar-refractivity contribution is 5.83. The molecule has 3 aromatic rings. The van der Waals surface area contributed by atoms with E-state index in [0.717, 1.165) is 43.0 Å². The quantitative estimate of drug-likeness (QED) is 0.667. The molecular formula is C19H22N8O. The van der Waals surface area contributed by atoms with Crippen molar-refractivity contribution in [1.29, 1.82) is 0 Å². The van der Waals surface area contributed by atoms with Gasteiger partial charge in [0.25, 0.3) is 0 Å². The van der Waals surface area contributed by atoms with Crippen LogP contribution in [0.25, 0.3) is 11.4 Å². The molecule has 1 amide bonds. The van der Waals surface area contributed by atoms with Crippen molar-refractivity contribution < 1.29 is 4.79 Å². The summed E-state index contributed by atoms with van der Waals surface area (Å²) in [5.74, 6) is 2.37. The van der Waals surface area contributed by atoms with E-state index >= 15 is 0 Å². The molecule has 0 bridgehead atoms. The zero-order valence-corrected chi connectivity index (χ0v) is 15.6. The lowest BCUT2D eigenvalue weighted by atomic mass is 10.0. The lowest BCUT2D eigenvalue weighted by molar-refractivity contribution is -0.133. The van der Waals surface area contributed by atoms with Crippen LogP contribution in [0.3, 0.4) is 0 Å². The Morgan fingerprint density at radius 2 is 1.86 bits per heavy atom. The summed E-state index contributed by atoms with van der Waals surface area (Å²) in [4.78, 5) is 15.3. The minimum Gasteiger partial charge on any atom is -0.340 e. The van der Waals surface area contributed by atoms with Crippen LogP contribution in [0.4, 0.5) is 0 Å². The van der Waals surface area contributed by atoms with Crippen molar-refractivity contribution >= 4 is 5.91 Å². The molecule has 0 fully saturated rings. The number of aromatic nitrogens is 7. The fraction of sp³-hybridized carbons (Fsp3) is 0.474. The third-order valence-electron chi connectivity index (χ3n) is 5.65. The largest absolute Gasteiger partial charge is 0.340 e. The number of hydrogen-bond donors (Lipinski definition) is 0. The summed E-state index contributed by atoms with van der Waals surface area (Å²) < 4.78 is 3.93. The molecule has 0 unspecified atom stereocenters. The Kier molecular flexibility index (Phi) is 4.34. The van der Waals surface area contributed by atoms with Crippen LogP contribution < -0.4 is 0 Å². The van der Waals surface area contributed by atoms with Gasteiger partial charge >= 0.3 is 0 Å². The van der Waals surface area contributed by atoms with Gasteiger partial charge in [-0.2, -0.15) is 0 Å². The van der Waals surface area contributed by atoms with Gasteiger partial charge in [-0.1, -0.05) is 36.8 Å². The number of aryl methyl sites for hydroxylation is 1. The van der Waals surface area contributed by atoms with E-state index in [9.17, 15) is 4.79 Å². The van der Waals surface area contributed by atoms with Gasteiger partial charge in [-0.15, -0.1) is 15.3 Å². The number of benzene rings is 1. The highest BCUT2D eigenvalue weighted by Crippen LogP contribution is 2.27. The maximum Gasteiger partial charge on any atom is 0.233 e. The van der Waals surface area contributed by atoms with Crippen LogP contribution >= 0.6 is 0 Å². The van der Waals surface area contributed by atoms with Crippen LogP contribution in [0.15, 0.2) is 30.3 Å². The van der Waals surface area contributed by atoms with Crippen LogP contribution in [-0.4, -0.2) is 58.9 Å². The first kappa shape index (κ1) is 17.0. The van der Waals surface area contributed by atoms with Crippen molar-refractivity contribution in [3.63, 3.8) is 0 Å². The fourth-order valence-corrected chi connectivity index (χ4v) is 4.16. The highest BCUT2D eigenvalue weighted by atomic mass is 16.2. The topological polar surface area (TPSA) is 94.6 Å². The Morgan fingerprint density at radius 3 is 2.75 bits per heavy atom. The van der Waals surface area contributed by atoms with E-state index in [4.69, 9.17) is 0 Å². The van der Waals surface area contributed by atoms with Crippen molar-refractivity contribution in [2.75, 3.05) is 13.1 Å². The maximum atomic E-state index is 13.3. The second-order valence-corrected chi connectivity index (χ2v) is 7.34. The van der Waals surface area contributed by atoms with E-state index in [2.05, 4.69) is 30.3 Å². The summed E-state index contributed by atoms with van der Waals surface area (Å²) in [6.45, 7) is 2.76. The number of hydrogen-bond acceptors (Lipinski definition) is 6. The van der Waals surface area contributed by atoms with Crippen molar-refractivity contribution in [2.45, 2.75) is 44.7 Å². The van der Waals surface area contributed by atoms with E-state index in [1.165, 1.54) is 0 Å². The standard InChI is InChI=1S/C19H22N8O/c28-19(15-8-4-5-10-27-18(15)22-23-24-27)25-11-9-16-20-21-17(26(16)13-12-25)14-6-2-1-3-7-14/h1-3,6-7,15H,4-5,8-13H2/t15-/m1/s1. The van der Waals surface area contributed by atoms with Gasteiger partial charge in [-0.05, 0) is 23.3 Å². The van der Waals surface area contributed by atoms with Gasteiger partial charge in [0.05, 0.1) is 5.92 Å². The molecule has 28 heavy (non-hydrogen) atoms. The third kappa shape index (κ3) is 2.96. The van der Waals surface area contributed by atoms with E-state index in [1.807, 2.05) is 35.2 Å². The van der Waals surface area contributed by atoms with Gasteiger partial charge in [0, 0.05) is 38.2 Å². The van der Waals surface area contributed by atoms with Crippen LogP contribution in [0.5, 0.6) is 0 Å². The van der Waals surface area contributed by atoms with Crippen molar-refractivity contribution in [3.05, 3.63) is 42.0 Å². The average molecular weight is 378 g/mol. The molecule has 0 saturated heterocycles. The highest BCUT2D eigenvalue weighted by Gasteiger charge is 2.33. The number of tetrazole rings is 1. The predicted molar refractivity (Wildman–Crippen MR) is 100 cm³/mol. The smallest absolute Gasteiger partial charge is 0.233 e. The summed E-state index contributed by atoms with van der Waals surface area (Å²) in [5, 5.41) is 20.7. The first-order valence-corrected chi connectivity index (χ1v) is 9.83. The molecule has 9 heteroatoms. The molecule has 144 valence electrons. The van der Waals surface area contributed by atoms with Crippen LogP contribution in [0.1, 0.15) is 36.8 Å². The Balaban J connectivity index is 1.37. The lowest BCUT2D eigenvalue weighted by Crippen LogP contribution is -2.38. The Morgan fingerprint density at radius 1 is 0.964 bits per heavy atom. The normalized spacial score (nSPS) is 19.4. The third-order valence-corrected chi connectivity index (χ3v) is 5.65. The molecule has 0 aliphatic carbocycles. The number of carbonyl (C=O) groups excluding carboxylic acids is 1. The molecule has 0 saturated carbocycles. The van der Waals surface area contributed by atoms with Gasteiger partial charge in [-0.3, -0.25) is 4.79 Å². The summed E-state index contributed by atoms with van der Waals surface area (Å²) in [6, 6.07) is 10.1. The fourth-order valence-electron chi connectivity index (χ4n) is 4.16. The van der Waals surface area contributed by atoms with Gasteiger partial charge < -0.3 is 9.47 Å². The molecule has 5 rings (SSSR count). The number of nitrogens with zero attached hydrogens (tertiary/aromatic N) is 8. The number of fused-ring (bicyclic) bond motifs is 2. The molecule has 0 radical (unpaired) electrons. The van der Waals surface area contributed by atoms with E-state index in [-0.39, 0.29) is 11.8 Å². The predicted octanol–water partition coefficient (Wildman–Crippen LogP) is 1.28. The molecule has 2 aliphatic rings. The van der Waals surface area contributed by atoms with E-state index < -0.39 is 0 Å². The summed E-state index contributed by atoms with van der Waals surface area (Å²) in [5.41, 5.74) is 1.05. The first-order chi connectivity index (χ1) is 13.8. The van der Waals surface area contributed by atoms with Crippen molar-refractivity contribution in [2.24, 2.45) is 0 Å². The monoisotopic (exact) mass is 378 g/mol. The molecule has 2 aromatic heterocycles. The molecule has 4 heterocycles. The molecule has 0 spiro atoms. The molecule has 2 aliphatic heterocycles. The molecule has 9 nitrogen and oxygen atoms in total. The van der Waals surface area contributed by atoms with Crippen molar-refractivity contribution in [1.82, 2.24) is 39.9 Å².